The number of nitrogens with one attached hydrogen (secondary N) is 2. The molecular weight excluding hydrogens is 466 g/mol. The Bertz CT molecular complexity index is 1250. The fraction of sp³-hybridized carbons (Fsp3) is 0.367. The topological polar surface area (TPSA) is 98.7 Å². The van der Waals surface area contributed by atoms with Crippen LogP contribution in [0, 0.1) is 0 Å². The van der Waals surface area contributed by atoms with Gasteiger partial charge in [-0.3, -0.25) is 14.5 Å². The summed E-state index contributed by atoms with van der Waals surface area (Å²) in [5, 5.41) is 18.0. The third kappa shape index (κ3) is 6.17. The second-order valence-electron chi connectivity index (χ2n) is 9.87. The largest absolute Gasteiger partial charge is 0.480 e. The Morgan fingerprint density at radius 3 is 2.22 bits per heavy atom. The molecule has 0 bridgehead atoms. The molecule has 2 amide bonds. The summed E-state index contributed by atoms with van der Waals surface area (Å²) in [7, 11) is 0. The smallest absolute Gasteiger partial charge is 0.326 e. The summed E-state index contributed by atoms with van der Waals surface area (Å²) in [5.74, 6) is -1.41. The highest BCUT2D eigenvalue weighted by Crippen LogP contribution is 2.34. The lowest BCUT2D eigenvalue weighted by atomic mass is 9.80. The van der Waals surface area contributed by atoms with Crippen LogP contribution in [-0.2, 0) is 26.3 Å². The van der Waals surface area contributed by atoms with Crippen molar-refractivity contribution in [2.75, 3.05) is 13.1 Å². The Morgan fingerprint density at radius 1 is 0.946 bits per heavy atom. The number of carbonyl (C=O) groups is 3. The summed E-state index contributed by atoms with van der Waals surface area (Å²) >= 11 is 0. The summed E-state index contributed by atoms with van der Waals surface area (Å²) in [6.45, 7) is 4.70. The maximum atomic E-state index is 13.3. The van der Waals surface area contributed by atoms with E-state index >= 15 is 0 Å². The lowest BCUT2D eigenvalue weighted by molar-refractivity contribution is -0.142. The van der Waals surface area contributed by atoms with E-state index in [-0.39, 0.29) is 18.2 Å². The van der Waals surface area contributed by atoms with Gasteiger partial charge >= 0.3 is 5.97 Å². The van der Waals surface area contributed by atoms with Gasteiger partial charge in [-0.15, -0.1) is 0 Å². The minimum Gasteiger partial charge on any atom is -0.480 e. The summed E-state index contributed by atoms with van der Waals surface area (Å²) < 4.78 is 0. The number of fused-ring (bicyclic) bond motifs is 1. The van der Waals surface area contributed by atoms with Gasteiger partial charge in [-0.1, -0.05) is 79.7 Å². The van der Waals surface area contributed by atoms with Crippen LogP contribution in [0.3, 0.4) is 0 Å². The van der Waals surface area contributed by atoms with Crippen LogP contribution >= 0.6 is 0 Å². The fourth-order valence-electron chi connectivity index (χ4n) is 5.48. The van der Waals surface area contributed by atoms with Gasteiger partial charge in [0.05, 0.1) is 11.6 Å². The van der Waals surface area contributed by atoms with E-state index in [9.17, 15) is 19.5 Å². The van der Waals surface area contributed by atoms with Crippen molar-refractivity contribution in [3.63, 3.8) is 0 Å². The molecule has 3 N–H and O–H groups in total. The van der Waals surface area contributed by atoms with Crippen LogP contribution in [0.1, 0.15) is 44.2 Å². The summed E-state index contributed by atoms with van der Waals surface area (Å²) in [5.41, 5.74) is 1.45. The van der Waals surface area contributed by atoms with Gasteiger partial charge in [-0.2, -0.15) is 0 Å². The standard InChI is InChI=1S/C30H35N3O4/c1-3-27(33-17-15-30(16-18-33,32-21(2)34)25-11-5-4-6-12-25)28(35)31-26(29(36)37)20-22-13-14-23-9-7-8-10-24(23)19-22/h4-14,19,26-27H,3,15-18,20H2,1-2H3,(H,31,35)(H,32,34)(H,36,37)/t26-,27?/m0/s1. The first-order valence-corrected chi connectivity index (χ1v) is 12.9. The molecule has 0 spiro atoms. The third-order valence-electron chi connectivity index (χ3n) is 7.39. The molecule has 7 nitrogen and oxygen atoms in total. The fourth-order valence-corrected chi connectivity index (χ4v) is 5.48. The normalized spacial score (nSPS) is 17.0. The van der Waals surface area contributed by atoms with E-state index < -0.39 is 23.6 Å². The van der Waals surface area contributed by atoms with Crippen LogP contribution in [0.25, 0.3) is 10.8 Å². The van der Waals surface area contributed by atoms with Crippen LogP contribution in [-0.4, -0.2) is 53.0 Å². The van der Waals surface area contributed by atoms with E-state index in [2.05, 4.69) is 15.5 Å². The number of hydrogen-bond donors (Lipinski definition) is 3. The average Bonchev–Trinajstić information content (AvgIpc) is 2.90. The van der Waals surface area contributed by atoms with E-state index in [4.69, 9.17) is 0 Å². The Labute approximate surface area is 217 Å². The summed E-state index contributed by atoms with van der Waals surface area (Å²) in [4.78, 5) is 39.5. The Kier molecular flexibility index (Phi) is 8.24. The van der Waals surface area contributed by atoms with Crippen LogP contribution in [0.2, 0.25) is 0 Å². The predicted octanol–water partition coefficient (Wildman–Crippen LogP) is 3.86. The number of carboxylic acids is 1. The Morgan fingerprint density at radius 2 is 1.59 bits per heavy atom. The van der Waals surface area contributed by atoms with Gasteiger partial charge < -0.3 is 15.7 Å². The molecule has 0 aliphatic carbocycles. The number of aliphatic carboxylic acids is 1. The molecule has 1 saturated heterocycles. The highest BCUT2D eigenvalue weighted by atomic mass is 16.4. The Balaban J connectivity index is 1.44. The zero-order valence-electron chi connectivity index (χ0n) is 21.4. The zero-order valence-corrected chi connectivity index (χ0v) is 21.4. The lowest BCUT2D eigenvalue weighted by Gasteiger charge is -2.44. The quantitative estimate of drug-likeness (QED) is 0.414. The zero-order chi connectivity index (χ0) is 26.4. The number of nitrogens with zero attached hydrogens (tertiary/aromatic N) is 1. The molecule has 2 atom stereocenters. The van der Waals surface area contributed by atoms with Crippen molar-refractivity contribution in [1.82, 2.24) is 15.5 Å². The number of piperidine rings is 1. The van der Waals surface area contributed by atoms with Crippen LogP contribution in [0.4, 0.5) is 0 Å². The van der Waals surface area contributed by atoms with Crippen LogP contribution in [0.5, 0.6) is 0 Å². The van der Waals surface area contributed by atoms with Crippen molar-refractivity contribution in [3.8, 4) is 0 Å². The van der Waals surface area contributed by atoms with Crippen molar-refractivity contribution < 1.29 is 19.5 Å². The molecule has 1 fully saturated rings. The molecule has 1 aliphatic heterocycles. The monoisotopic (exact) mass is 501 g/mol. The minimum atomic E-state index is -1.05. The van der Waals surface area contributed by atoms with Gasteiger partial charge in [0.1, 0.15) is 6.04 Å². The van der Waals surface area contributed by atoms with E-state index in [1.54, 1.807) is 0 Å². The van der Waals surface area contributed by atoms with Crippen LogP contribution < -0.4 is 10.6 Å². The van der Waals surface area contributed by atoms with E-state index in [0.29, 0.717) is 32.4 Å². The molecule has 1 unspecified atom stereocenters. The average molecular weight is 502 g/mol. The van der Waals surface area contributed by atoms with E-state index in [1.165, 1.54) is 6.92 Å². The molecular formula is C30H35N3O4. The molecule has 0 saturated carbocycles. The van der Waals surface area contributed by atoms with E-state index in [1.807, 2.05) is 79.7 Å². The van der Waals surface area contributed by atoms with Crippen molar-refractivity contribution in [1.29, 1.82) is 0 Å². The number of likely N-dealkylation sites (tertiary alicyclic amines) is 1. The van der Waals surface area contributed by atoms with Crippen molar-refractivity contribution >= 4 is 28.6 Å². The molecule has 3 aromatic rings. The summed E-state index contributed by atoms with van der Waals surface area (Å²) in [6, 6.07) is 22.3. The van der Waals surface area contributed by atoms with Gasteiger partial charge in [0, 0.05) is 26.4 Å². The number of benzene rings is 3. The third-order valence-corrected chi connectivity index (χ3v) is 7.39. The maximum Gasteiger partial charge on any atom is 0.326 e. The number of rotatable bonds is 9. The molecule has 194 valence electrons. The minimum absolute atomic E-state index is 0.0833. The van der Waals surface area contributed by atoms with Crippen molar-refractivity contribution in [2.24, 2.45) is 0 Å². The van der Waals surface area contributed by atoms with Gasteiger partial charge in [0.2, 0.25) is 11.8 Å². The van der Waals surface area contributed by atoms with Gasteiger partial charge in [0.25, 0.3) is 0 Å². The number of carboxylic acid groups (broad SMARTS) is 1. The molecule has 4 rings (SSSR count). The van der Waals surface area contributed by atoms with Gasteiger partial charge in [-0.05, 0) is 41.2 Å². The van der Waals surface area contributed by atoms with E-state index in [0.717, 1.165) is 21.9 Å². The van der Waals surface area contributed by atoms with Crippen molar-refractivity contribution in [3.05, 3.63) is 83.9 Å². The molecule has 37 heavy (non-hydrogen) atoms. The lowest BCUT2D eigenvalue weighted by Crippen LogP contribution is -2.58. The summed E-state index contributed by atoms with van der Waals surface area (Å²) in [6.07, 6.45) is 2.11. The number of hydrogen-bond acceptors (Lipinski definition) is 4. The van der Waals surface area contributed by atoms with Gasteiger partial charge in [-0.25, -0.2) is 4.79 Å². The highest BCUT2D eigenvalue weighted by molar-refractivity contribution is 5.87. The Hall–Kier alpha value is -3.71. The van der Waals surface area contributed by atoms with Crippen LogP contribution in [0.15, 0.2) is 72.8 Å². The van der Waals surface area contributed by atoms with Gasteiger partial charge in [0.15, 0.2) is 0 Å². The second-order valence-corrected chi connectivity index (χ2v) is 9.87. The first kappa shape index (κ1) is 26.4. The maximum absolute atomic E-state index is 13.3. The highest BCUT2D eigenvalue weighted by Gasteiger charge is 2.40. The number of carbonyl (C=O) groups excluding carboxylic acids is 2. The first-order valence-electron chi connectivity index (χ1n) is 12.9. The SMILES string of the molecule is CCC(C(=O)N[C@@H](Cc1ccc2ccccc2c1)C(=O)O)N1CCC(NC(C)=O)(c2ccccc2)CC1. The molecule has 0 radical (unpaired) electrons. The molecule has 0 aromatic heterocycles. The molecule has 1 heterocycles. The number of amides is 2. The second kappa shape index (κ2) is 11.6. The molecule has 3 aromatic carbocycles. The predicted molar refractivity (Wildman–Crippen MR) is 144 cm³/mol. The first-order chi connectivity index (χ1) is 17.8. The van der Waals surface area contributed by atoms with Crippen molar-refractivity contribution in [2.45, 2.75) is 57.2 Å². The molecule has 7 heteroatoms. The molecule has 1 aliphatic rings.